The van der Waals surface area contributed by atoms with Gasteiger partial charge in [0.2, 0.25) is 0 Å². The van der Waals surface area contributed by atoms with Crippen LogP contribution >= 0.6 is 0 Å². The molecule has 0 bridgehead atoms. The van der Waals surface area contributed by atoms with Crippen molar-refractivity contribution in [1.82, 2.24) is 5.32 Å². The Morgan fingerprint density at radius 1 is 1.24 bits per heavy atom. The quantitative estimate of drug-likeness (QED) is 0.686. The van der Waals surface area contributed by atoms with Crippen molar-refractivity contribution in [3.63, 3.8) is 0 Å². The van der Waals surface area contributed by atoms with Crippen molar-refractivity contribution in [3.8, 4) is 0 Å². The zero-order valence-corrected chi connectivity index (χ0v) is 10.0. The van der Waals surface area contributed by atoms with E-state index >= 15 is 0 Å². The summed E-state index contributed by atoms with van der Waals surface area (Å²) >= 11 is 0. The van der Waals surface area contributed by atoms with Crippen molar-refractivity contribution >= 4 is 5.78 Å². The van der Waals surface area contributed by atoms with Crippen LogP contribution in [0.15, 0.2) is 58.9 Å². The van der Waals surface area contributed by atoms with Crippen LogP contribution in [-0.2, 0) is 4.79 Å². The van der Waals surface area contributed by atoms with Crippen LogP contribution in [-0.4, -0.2) is 11.8 Å². The maximum atomic E-state index is 11.9. The van der Waals surface area contributed by atoms with Gasteiger partial charge in [-0.3, -0.25) is 4.79 Å². The fourth-order valence-electron chi connectivity index (χ4n) is 2.59. The van der Waals surface area contributed by atoms with Crippen molar-refractivity contribution in [3.05, 3.63) is 58.9 Å². The van der Waals surface area contributed by atoms with Crippen LogP contribution < -0.4 is 5.32 Å². The monoisotopic (exact) mass is 225 g/mol. The number of nitrogens with one attached hydrogen (secondary N) is 1. The first-order chi connectivity index (χ1) is 8.16. The Morgan fingerprint density at radius 3 is 2.88 bits per heavy atom. The molecule has 3 rings (SSSR count). The number of dihydropyridines is 1. The molecule has 0 fully saturated rings. The van der Waals surface area contributed by atoms with E-state index in [2.05, 4.69) is 29.6 Å². The maximum absolute atomic E-state index is 11.9. The summed E-state index contributed by atoms with van der Waals surface area (Å²) in [7, 11) is 0. The van der Waals surface area contributed by atoms with Crippen molar-refractivity contribution < 1.29 is 4.79 Å². The van der Waals surface area contributed by atoms with Crippen molar-refractivity contribution in [2.75, 3.05) is 0 Å². The number of carbonyl (C=O) groups excluding carboxylic acids is 1. The standard InChI is InChI=1S/C15H15NO/c1-9-7-14-12(10(2)15(9)17)8-11-5-3-4-6-13(11)16-14/h3-8,10,13,16H,1-2H3. The van der Waals surface area contributed by atoms with Crippen molar-refractivity contribution in [1.29, 1.82) is 0 Å². The molecular weight excluding hydrogens is 210 g/mol. The largest absolute Gasteiger partial charge is 0.374 e. The molecule has 0 spiro atoms. The lowest BCUT2D eigenvalue weighted by Crippen LogP contribution is -2.36. The van der Waals surface area contributed by atoms with Gasteiger partial charge in [0.25, 0.3) is 0 Å². The lowest BCUT2D eigenvalue weighted by Gasteiger charge is -2.31. The number of allylic oxidation sites excluding steroid dienone is 6. The number of fused-ring (bicyclic) bond motifs is 1. The lowest BCUT2D eigenvalue weighted by molar-refractivity contribution is -0.117. The van der Waals surface area contributed by atoms with E-state index in [1.807, 2.05) is 26.0 Å². The summed E-state index contributed by atoms with van der Waals surface area (Å²) in [6.45, 7) is 3.87. The zero-order valence-electron chi connectivity index (χ0n) is 10.0. The Hall–Kier alpha value is -1.83. The molecule has 2 aliphatic carbocycles. The SMILES string of the molecule is CC1=CC2=C(C=C3C=CC=CC3N2)C(C)C1=O. The summed E-state index contributed by atoms with van der Waals surface area (Å²) in [6.07, 6.45) is 12.4. The van der Waals surface area contributed by atoms with Crippen LogP contribution in [0.25, 0.3) is 0 Å². The maximum Gasteiger partial charge on any atom is 0.165 e. The summed E-state index contributed by atoms with van der Waals surface area (Å²) < 4.78 is 0. The third-order valence-electron chi connectivity index (χ3n) is 3.62. The van der Waals surface area contributed by atoms with Crippen molar-refractivity contribution in [2.45, 2.75) is 19.9 Å². The predicted molar refractivity (Wildman–Crippen MR) is 68.2 cm³/mol. The summed E-state index contributed by atoms with van der Waals surface area (Å²) in [5.41, 5.74) is 4.30. The molecular formula is C15H15NO. The van der Waals surface area contributed by atoms with Crippen LogP contribution in [0.4, 0.5) is 0 Å². The molecule has 3 aliphatic rings. The first kappa shape index (κ1) is 10.3. The molecule has 0 aromatic carbocycles. The minimum absolute atomic E-state index is 0.0322. The highest BCUT2D eigenvalue weighted by Gasteiger charge is 2.29. The van der Waals surface area contributed by atoms with E-state index < -0.39 is 0 Å². The fourth-order valence-corrected chi connectivity index (χ4v) is 2.59. The molecule has 0 saturated heterocycles. The van der Waals surface area contributed by atoms with E-state index in [1.165, 1.54) is 5.57 Å². The number of rotatable bonds is 0. The average molecular weight is 225 g/mol. The van der Waals surface area contributed by atoms with Gasteiger partial charge in [0.15, 0.2) is 5.78 Å². The number of Topliss-reactive ketones (excluding diaryl/α,β-unsaturated/α-hetero) is 1. The lowest BCUT2D eigenvalue weighted by atomic mass is 9.81. The molecule has 1 heterocycles. The Bertz CT molecular complexity index is 543. The second-order valence-electron chi connectivity index (χ2n) is 4.79. The molecule has 2 nitrogen and oxygen atoms in total. The number of hydrogen-bond donors (Lipinski definition) is 1. The van der Waals surface area contributed by atoms with Crippen LogP contribution in [0.5, 0.6) is 0 Å². The number of ketones is 1. The summed E-state index contributed by atoms with van der Waals surface area (Å²) in [5, 5.41) is 3.48. The highest BCUT2D eigenvalue weighted by atomic mass is 16.1. The van der Waals surface area contributed by atoms with E-state index in [0.717, 1.165) is 16.8 Å². The normalized spacial score (nSPS) is 30.4. The molecule has 1 N–H and O–H groups in total. The molecule has 0 amide bonds. The van der Waals surface area contributed by atoms with Gasteiger partial charge >= 0.3 is 0 Å². The van der Waals surface area contributed by atoms with Gasteiger partial charge in [0.05, 0.1) is 6.04 Å². The summed E-state index contributed by atoms with van der Waals surface area (Å²) in [4.78, 5) is 11.9. The first-order valence-electron chi connectivity index (χ1n) is 5.96. The molecule has 0 saturated carbocycles. The van der Waals surface area contributed by atoms with Gasteiger partial charge in [-0.15, -0.1) is 0 Å². The van der Waals surface area contributed by atoms with Crippen LogP contribution in [0.2, 0.25) is 0 Å². The number of hydrogen-bond acceptors (Lipinski definition) is 2. The Kier molecular flexibility index (Phi) is 2.18. The molecule has 2 unspecified atom stereocenters. The average Bonchev–Trinajstić information content (AvgIpc) is 2.34. The molecule has 0 aromatic rings. The fraction of sp³-hybridized carbons (Fsp3) is 0.267. The van der Waals surface area contributed by atoms with Gasteiger partial charge < -0.3 is 5.32 Å². The minimum Gasteiger partial charge on any atom is -0.374 e. The van der Waals surface area contributed by atoms with Gasteiger partial charge in [0.1, 0.15) is 0 Å². The van der Waals surface area contributed by atoms with E-state index in [9.17, 15) is 4.79 Å². The number of carbonyl (C=O) groups is 1. The molecule has 0 radical (unpaired) electrons. The minimum atomic E-state index is -0.0322. The van der Waals surface area contributed by atoms with Crippen LogP contribution in [0.1, 0.15) is 13.8 Å². The smallest absolute Gasteiger partial charge is 0.165 e. The van der Waals surface area contributed by atoms with E-state index in [4.69, 9.17) is 0 Å². The van der Waals surface area contributed by atoms with Gasteiger partial charge in [0, 0.05) is 11.6 Å². The molecule has 2 heteroatoms. The third-order valence-corrected chi connectivity index (χ3v) is 3.62. The van der Waals surface area contributed by atoms with Gasteiger partial charge in [-0.05, 0) is 29.7 Å². The summed E-state index contributed by atoms with van der Waals surface area (Å²) in [5.74, 6) is 0.200. The highest BCUT2D eigenvalue weighted by Crippen LogP contribution is 2.32. The Balaban J connectivity index is 2.08. The van der Waals surface area contributed by atoms with Gasteiger partial charge in [-0.25, -0.2) is 0 Å². The van der Waals surface area contributed by atoms with E-state index in [0.29, 0.717) is 0 Å². The molecule has 1 aliphatic heterocycles. The molecule has 86 valence electrons. The van der Waals surface area contributed by atoms with E-state index in [-0.39, 0.29) is 17.7 Å². The Labute approximate surface area is 101 Å². The Morgan fingerprint density at radius 2 is 2.06 bits per heavy atom. The van der Waals surface area contributed by atoms with Crippen LogP contribution in [0, 0.1) is 5.92 Å². The molecule has 0 aromatic heterocycles. The second-order valence-corrected chi connectivity index (χ2v) is 4.79. The predicted octanol–water partition coefficient (Wildman–Crippen LogP) is 2.43. The third kappa shape index (κ3) is 1.52. The molecule has 2 atom stereocenters. The summed E-state index contributed by atoms with van der Waals surface area (Å²) in [6, 6.07) is 0.253. The van der Waals surface area contributed by atoms with Crippen molar-refractivity contribution in [2.24, 2.45) is 5.92 Å². The van der Waals surface area contributed by atoms with Crippen LogP contribution in [0.3, 0.4) is 0 Å². The zero-order chi connectivity index (χ0) is 12.0. The second kappa shape index (κ2) is 3.59. The topological polar surface area (TPSA) is 29.1 Å². The highest BCUT2D eigenvalue weighted by molar-refractivity contribution is 6.00. The first-order valence-corrected chi connectivity index (χ1v) is 5.96. The van der Waals surface area contributed by atoms with Gasteiger partial charge in [-0.1, -0.05) is 37.3 Å². The van der Waals surface area contributed by atoms with E-state index in [1.54, 1.807) is 0 Å². The van der Waals surface area contributed by atoms with Gasteiger partial charge in [-0.2, -0.15) is 0 Å². The molecule has 17 heavy (non-hydrogen) atoms.